The summed E-state index contributed by atoms with van der Waals surface area (Å²) in [7, 11) is 1.50. The minimum atomic E-state index is -0.482. The summed E-state index contributed by atoms with van der Waals surface area (Å²) in [6.45, 7) is 1.47. The van der Waals surface area contributed by atoms with Gasteiger partial charge in [0.25, 0.3) is 5.91 Å². The Morgan fingerprint density at radius 1 is 1.03 bits per heavy atom. The largest absolute Gasteiger partial charge is 0.495 e. The highest BCUT2D eigenvalue weighted by Crippen LogP contribution is 2.35. The first-order valence-electron chi connectivity index (χ1n) is 9.96. The van der Waals surface area contributed by atoms with Gasteiger partial charge in [-0.05, 0) is 55.0 Å². The molecule has 4 aromatic rings. The van der Waals surface area contributed by atoms with Crippen LogP contribution in [0.4, 0.5) is 5.69 Å². The van der Waals surface area contributed by atoms with Gasteiger partial charge in [0, 0.05) is 11.3 Å². The van der Waals surface area contributed by atoms with E-state index in [2.05, 4.69) is 5.32 Å². The van der Waals surface area contributed by atoms with Crippen molar-refractivity contribution in [1.82, 2.24) is 0 Å². The van der Waals surface area contributed by atoms with Crippen molar-refractivity contribution >= 4 is 45.8 Å². The Morgan fingerprint density at radius 2 is 1.82 bits per heavy atom. The van der Waals surface area contributed by atoms with E-state index in [1.807, 2.05) is 6.92 Å². The van der Waals surface area contributed by atoms with Crippen LogP contribution in [0, 0.1) is 6.92 Å². The molecular weight excluding hydrogens is 465 g/mol. The number of halogens is 2. The van der Waals surface area contributed by atoms with Crippen LogP contribution in [0.15, 0.2) is 69.9 Å². The van der Waals surface area contributed by atoms with Gasteiger partial charge in [0.05, 0.1) is 22.5 Å². The number of fused-ring (bicyclic) bond motifs is 1. The van der Waals surface area contributed by atoms with Crippen LogP contribution in [0.3, 0.4) is 0 Å². The monoisotopic (exact) mass is 483 g/mol. The minimum absolute atomic E-state index is 0.0950. The van der Waals surface area contributed by atoms with E-state index in [0.29, 0.717) is 38.0 Å². The molecular formula is C25H19Cl2NO5. The number of ether oxygens (including phenoxy) is 2. The van der Waals surface area contributed by atoms with E-state index in [9.17, 15) is 9.59 Å². The zero-order valence-electron chi connectivity index (χ0n) is 17.8. The van der Waals surface area contributed by atoms with Crippen LogP contribution in [0.5, 0.6) is 11.5 Å². The molecule has 0 fully saturated rings. The molecule has 1 N–H and O–H groups in total. The van der Waals surface area contributed by atoms with Crippen molar-refractivity contribution in [3.63, 3.8) is 0 Å². The normalized spacial score (nSPS) is 10.8. The number of hydrogen-bond acceptors (Lipinski definition) is 5. The summed E-state index contributed by atoms with van der Waals surface area (Å²) in [5.74, 6) is 0.0652. The third-order valence-corrected chi connectivity index (χ3v) is 5.53. The number of rotatable bonds is 6. The van der Waals surface area contributed by atoms with Crippen LogP contribution >= 0.6 is 23.2 Å². The number of nitrogens with one attached hydrogen (secondary N) is 1. The van der Waals surface area contributed by atoms with Crippen LogP contribution in [0.1, 0.15) is 5.56 Å². The molecule has 0 radical (unpaired) electrons. The summed E-state index contributed by atoms with van der Waals surface area (Å²) >= 11 is 12.5. The van der Waals surface area contributed by atoms with Gasteiger partial charge >= 0.3 is 0 Å². The zero-order chi connectivity index (χ0) is 23.5. The van der Waals surface area contributed by atoms with Crippen molar-refractivity contribution < 1.29 is 18.7 Å². The van der Waals surface area contributed by atoms with Crippen molar-refractivity contribution in [2.75, 3.05) is 19.0 Å². The number of methoxy groups -OCH3 is 1. The molecule has 0 aliphatic heterocycles. The Balaban J connectivity index is 1.67. The number of aryl methyl sites for hydroxylation is 1. The fraction of sp³-hybridized carbons (Fsp3) is 0.120. The second kappa shape index (κ2) is 9.57. The van der Waals surface area contributed by atoms with E-state index in [1.54, 1.807) is 60.7 Å². The van der Waals surface area contributed by atoms with Gasteiger partial charge in [0.1, 0.15) is 11.3 Å². The van der Waals surface area contributed by atoms with E-state index < -0.39 is 17.9 Å². The predicted molar refractivity (Wildman–Crippen MR) is 130 cm³/mol. The van der Waals surface area contributed by atoms with Crippen LogP contribution in [0.25, 0.3) is 22.3 Å². The van der Waals surface area contributed by atoms with Gasteiger partial charge in [-0.1, -0.05) is 41.4 Å². The average Bonchev–Trinajstić information content (AvgIpc) is 2.78. The van der Waals surface area contributed by atoms with Gasteiger partial charge in [0.2, 0.25) is 11.2 Å². The van der Waals surface area contributed by atoms with Gasteiger partial charge in [-0.15, -0.1) is 0 Å². The fourth-order valence-corrected chi connectivity index (χ4v) is 3.80. The fourth-order valence-electron chi connectivity index (χ4n) is 3.32. The van der Waals surface area contributed by atoms with E-state index in [0.717, 1.165) is 5.56 Å². The quantitative estimate of drug-likeness (QED) is 0.358. The molecule has 3 aromatic carbocycles. The maximum atomic E-state index is 13.2. The molecule has 0 saturated carbocycles. The number of anilines is 1. The first kappa shape index (κ1) is 22.7. The Labute approximate surface area is 199 Å². The van der Waals surface area contributed by atoms with E-state index in [-0.39, 0.29) is 11.5 Å². The lowest BCUT2D eigenvalue weighted by atomic mass is 10.1. The van der Waals surface area contributed by atoms with Crippen molar-refractivity contribution in [3.8, 4) is 22.8 Å². The van der Waals surface area contributed by atoms with Gasteiger partial charge in [0.15, 0.2) is 12.4 Å². The maximum Gasteiger partial charge on any atom is 0.262 e. The predicted octanol–water partition coefficient (Wildman–Crippen LogP) is 6.10. The first-order chi connectivity index (χ1) is 15.9. The SMILES string of the molecule is COc1ccc(NC(=O)COc2c(-c3ccccc3Cl)oc3cc(C)ccc3c2=O)cc1Cl. The number of benzene rings is 3. The van der Waals surface area contributed by atoms with Gasteiger partial charge in [-0.3, -0.25) is 9.59 Å². The Kier molecular flexibility index (Phi) is 6.58. The van der Waals surface area contributed by atoms with Crippen molar-refractivity contribution in [3.05, 3.63) is 86.5 Å². The molecule has 0 spiro atoms. The lowest BCUT2D eigenvalue weighted by molar-refractivity contribution is -0.118. The molecule has 1 amide bonds. The summed E-state index contributed by atoms with van der Waals surface area (Å²) in [6, 6.07) is 17.0. The Bertz CT molecular complexity index is 1410. The summed E-state index contributed by atoms with van der Waals surface area (Å²) in [6.07, 6.45) is 0. The Morgan fingerprint density at radius 3 is 2.55 bits per heavy atom. The van der Waals surface area contributed by atoms with Crippen LogP contribution in [-0.2, 0) is 4.79 Å². The summed E-state index contributed by atoms with van der Waals surface area (Å²) in [5.41, 5.74) is 1.88. The highest BCUT2D eigenvalue weighted by atomic mass is 35.5. The van der Waals surface area contributed by atoms with Crippen LogP contribution in [0.2, 0.25) is 10.0 Å². The zero-order valence-corrected chi connectivity index (χ0v) is 19.3. The molecule has 0 aliphatic carbocycles. The number of carbonyl (C=O) groups is 1. The van der Waals surface area contributed by atoms with Gasteiger partial charge in [-0.2, -0.15) is 0 Å². The van der Waals surface area contributed by atoms with Crippen molar-refractivity contribution in [1.29, 1.82) is 0 Å². The van der Waals surface area contributed by atoms with Crippen molar-refractivity contribution in [2.45, 2.75) is 6.92 Å². The molecule has 6 nitrogen and oxygen atoms in total. The first-order valence-corrected chi connectivity index (χ1v) is 10.7. The van der Waals surface area contributed by atoms with E-state index >= 15 is 0 Å². The van der Waals surface area contributed by atoms with E-state index in [1.165, 1.54) is 7.11 Å². The second-order valence-corrected chi connectivity index (χ2v) is 8.07. The molecule has 0 aliphatic rings. The van der Waals surface area contributed by atoms with Crippen LogP contribution in [-0.4, -0.2) is 19.6 Å². The molecule has 0 saturated heterocycles. The molecule has 4 rings (SSSR count). The lowest BCUT2D eigenvalue weighted by Crippen LogP contribution is -2.22. The second-order valence-electron chi connectivity index (χ2n) is 7.26. The maximum absolute atomic E-state index is 13.2. The standard InChI is InChI=1S/C25H19Cl2NO5/c1-14-7-9-17-21(11-14)33-24(16-5-3-4-6-18(16)26)25(23(17)30)32-13-22(29)28-15-8-10-20(31-2)19(27)12-15/h3-12H,13H2,1-2H3,(H,28,29). The highest BCUT2D eigenvalue weighted by molar-refractivity contribution is 6.33. The molecule has 1 heterocycles. The highest BCUT2D eigenvalue weighted by Gasteiger charge is 2.20. The molecule has 1 aromatic heterocycles. The lowest BCUT2D eigenvalue weighted by Gasteiger charge is -2.13. The summed E-state index contributed by atoms with van der Waals surface area (Å²) in [5, 5.41) is 3.75. The molecule has 0 bridgehead atoms. The minimum Gasteiger partial charge on any atom is -0.495 e. The summed E-state index contributed by atoms with van der Waals surface area (Å²) in [4.78, 5) is 25.8. The molecule has 0 atom stereocenters. The van der Waals surface area contributed by atoms with Gasteiger partial charge in [-0.25, -0.2) is 0 Å². The number of amides is 1. The number of carbonyl (C=O) groups excluding carboxylic acids is 1. The third-order valence-electron chi connectivity index (χ3n) is 4.91. The summed E-state index contributed by atoms with van der Waals surface area (Å²) < 4.78 is 16.8. The molecule has 0 unspecified atom stereocenters. The topological polar surface area (TPSA) is 77.8 Å². The van der Waals surface area contributed by atoms with Crippen molar-refractivity contribution in [2.24, 2.45) is 0 Å². The number of hydrogen-bond donors (Lipinski definition) is 1. The van der Waals surface area contributed by atoms with Crippen LogP contribution < -0.4 is 20.2 Å². The Hall–Kier alpha value is -3.48. The molecule has 33 heavy (non-hydrogen) atoms. The molecule has 168 valence electrons. The van der Waals surface area contributed by atoms with E-state index in [4.69, 9.17) is 37.1 Å². The average molecular weight is 484 g/mol. The van der Waals surface area contributed by atoms with Gasteiger partial charge < -0.3 is 19.2 Å². The smallest absolute Gasteiger partial charge is 0.262 e. The third kappa shape index (κ3) is 4.82. The molecule has 8 heteroatoms.